The van der Waals surface area contributed by atoms with Crippen molar-refractivity contribution in [1.82, 2.24) is 9.97 Å². The summed E-state index contributed by atoms with van der Waals surface area (Å²) in [6.45, 7) is 1.27. The maximum Gasteiger partial charge on any atom is 0.158 e. The minimum Gasteiger partial charge on any atom is -0.384 e. The van der Waals surface area contributed by atoms with Crippen LogP contribution in [-0.4, -0.2) is 35.6 Å². The number of anilines is 2. The van der Waals surface area contributed by atoms with Crippen molar-refractivity contribution in [1.29, 1.82) is 0 Å². The Balaban J connectivity index is 2.51. The molecule has 0 saturated heterocycles. The fraction of sp³-hybridized carbons (Fsp3) is 0.600. The number of nitrogen functional groups attached to an aromatic ring is 1. The second kappa shape index (κ2) is 7.29. The third-order valence-electron chi connectivity index (χ3n) is 1.90. The van der Waals surface area contributed by atoms with Gasteiger partial charge in [0, 0.05) is 19.7 Å². The van der Waals surface area contributed by atoms with Crippen LogP contribution in [0.5, 0.6) is 0 Å². The number of aromatic nitrogens is 2. The first kappa shape index (κ1) is 13.1. The number of hydrogen-bond donors (Lipinski definition) is 2. The van der Waals surface area contributed by atoms with Crippen LogP contribution < -0.4 is 11.1 Å². The van der Waals surface area contributed by atoms with Crippen molar-refractivity contribution < 1.29 is 4.74 Å². The summed E-state index contributed by atoms with van der Waals surface area (Å²) >= 11 is 1.83. The summed E-state index contributed by atoms with van der Waals surface area (Å²) in [7, 11) is 1.61. The van der Waals surface area contributed by atoms with Crippen molar-refractivity contribution in [3.05, 3.63) is 11.9 Å². The van der Waals surface area contributed by atoms with Crippen LogP contribution in [0.4, 0.5) is 11.6 Å². The van der Waals surface area contributed by atoms with Gasteiger partial charge in [0.2, 0.25) is 0 Å². The molecule has 0 aliphatic carbocycles. The number of nitrogens with zero attached hydrogens (tertiary/aromatic N) is 2. The van der Waals surface area contributed by atoms with Gasteiger partial charge in [0.1, 0.15) is 18.2 Å². The Bertz CT molecular complexity index is 322. The molecule has 16 heavy (non-hydrogen) atoms. The Morgan fingerprint density at radius 3 is 3.00 bits per heavy atom. The van der Waals surface area contributed by atoms with Crippen molar-refractivity contribution in [3.63, 3.8) is 0 Å². The molecule has 0 spiro atoms. The topological polar surface area (TPSA) is 73.1 Å². The molecule has 0 atom stereocenters. The molecule has 0 aliphatic heterocycles. The van der Waals surface area contributed by atoms with Gasteiger partial charge in [-0.1, -0.05) is 0 Å². The quantitative estimate of drug-likeness (QED) is 0.704. The molecule has 90 valence electrons. The summed E-state index contributed by atoms with van der Waals surface area (Å²) in [5.41, 5.74) is 5.67. The van der Waals surface area contributed by atoms with Gasteiger partial charge in [-0.25, -0.2) is 9.97 Å². The van der Waals surface area contributed by atoms with Crippen LogP contribution in [0.15, 0.2) is 6.07 Å². The van der Waals surface area contributed by atoms with Gasteiger partial charge in [0.15, 0.2) is 5.82 Å². The van der Waals surface area contributed by atoms with E-state index < -0.39 is 0 Å². The molecule has 0 aliphatic rings. The zero-order chi connectivity index (χ0) is 11.8. The lowest BCUT2D eigenvalue weighted by Gasteiger charge is -2.07. The Morgan fingerprint density at radius 2 is 2.31 bits per heavy atom. The average molecular weight is 242 g/mol. The lowest BCUT2D eigenvalue weighted by molar-refractivity contribution is 0.178. The third kappa shape index (κ3) is 4.67. The van der Waals surface area contributed by atoms with E-state index in [0.29, 0.717) is 18.2 Å². The molecule has 3 N–H and O–H groups in total. The van der Waals surface area contributed by atoms with Gasteiger partial charge in [-0.3, -0.25) is 0 Å². The predicted molar refractivity (Wildman–Crippen MR) is 68.6 cm³/mol. The molecule has 5 nitrogen and oxygen atoms in total. The first-order valence-corrected chi connectivity index (χ1v) is 6.51. The van der Waals surface area contributed by atoms with Crippen LogP contribution in [0.1, 0.15) is 12.2 Å². The highest BCUT2D eigenvalue weighted by molar-refractivity contribution is 7.98. The van der Waals surface area contributed by atoms with Crippen molar-refractivity contribution in [3.8, 4) is 0 Å². The Labute approximate surface area is 100 Å². The Morgan fingerprint density at radius 1 is 1.50 bits per heavy atom. The van der Waals surface area contributed by atoms with Crippen LogP contribution in [-0.2, 0) is 11.3 Å². The molecule has 0 amide bonds. The first-order valence-electron chi connectivity index (χ1n) is 5.11. The largest absolute Gasteiger partial charge is 0.384 e. The van der Waals surface area contributed by atoms with E-state index in [-0.39, 0.29) is 0 Å². The molecule has 0 fully saturated rings. The standard InChI is InChI=1S/C10H18N4OS/c1-15-7-10-13-8(11)6-9(14-10)12-4-3-5-16-2/h6H,3-5,7H2,1-2H3,(H3,11,12,13,14). The van der Waals surface area contributed by atoms with E-state index >= 15 is 0 Å². The highest BCUT2D eigenvalue weighted by atomic mass is 32.2. The summed E-state index contributed by atoms with van der Waals surface area (Å²) in [4.78, 5) is 8.35. The first-order chi connectivity index (χ1) is 7.76. The van der Waals surface area contributed by atoms with E-state index in [0.717, 1.165) is 24.5 Å². The molecule has 1 rings (SSSR count). The van der Waals surface area contributed by atoms with Gasteiger partial charge in [-0.2, -0.15) is 11.8 Å². The zero-order valence-electron chi connectivity index (χ0n) is 9.69. The maximum atomic E-state index is 5.67. The van der Waals surface area contributed by atoms with E-state index in [1.54, 1.807) is 13.2 Å². The molecule has 0 unspecified atom stereocenters. The molecule has 0 radical (unpaired) electrons. The molecule has 1 aromatic heterocycles. The van der Waals surface area contributed by atoms with Gasteiger partial charge in [-0.15, -0.1) is 0 Å². The van der Waals surface area contributed by atoms with Gasteiger partial charge >= 0.3 is 0 Å². The van der Waals surface area contributed by atoms with Crippen molar-refractivity contribution >= 4 is 23.4 Å². The summed E-state index contributed by atoms with van der Waals surface area (Å²) in [5.74, 6) is 2.98. The molecule has 6 heteroatoms. The monoisotopic (exact) mass is 242 g/mol. The van der Waals surface area contributed by atoms with E-state index in [1.807, 2.05) is 11.8 Å². The molecular formula is C10H18N4OS. The number of methoxy groups -OCH3 is 1. The van der Waals surface area contributed by atoms with E-state index in [1.165, 1.54) is 0 Å². The summed E-state index contributed by atoms with van der Waals surface area (Å²) < 4.78 is 4.97. The highest BCUT2D eigenvalue weighted by Crippen LogP contribution is 2.09. The molecule has 0 bridgehead atoms. The number of rotatable bonds is 7. The molecule has 1 aromatic rings. The summed E-state index contributed by atoms with van der Waals surface area (Å²) in [6, 6.07) is 1.73. The van der Waals surface area contributed by atoms with Crippen LogP contribution >= 0.6 is 11.8 Å². The van der Waals surface area contributed by atoms with Crippen LogP contribution in [0.3, 0.4) is 0 Å². The van der Waals surface area contributed by atoms with E-state index in [2.05, 4.69) is 21.5 Å². The molecule has 1 heterocycles. The number of thioether (sulfide) groups is 1. The van der Waals surface area contributed by atoms with Gasteiger partial charge in [0.05, 0.1) is 0 Å². The second-order valence-electron chi connectivity index (χ2n) is 3.30. The minimum atomic E-state index is 0.379. The smallest absolute Gasteiger partial charge is 0.158 e. The van der Waals surface area contributed by atoms with E-state index in [4.69, 9.17) is 10.5 Å². The maximum absolute atomic E-state index is 5.67. The normalized spacial score (nSPS) is 10.4. The van der Waals surface area contributed by atoms with Gasteiger partial charge in [-0.05, 0) is 18.4 Å². The van der Waals surface area contributed by atoms with Crippen molar-refractivity contribution in [2.75, 3.05) is 36.7 Å². The van der Waals surface area contributed by atoms with Crippen molar-refractivity contribution in [2.45, 2.75) is 13.0 Å². The Hall–Kier alpha value is -1.01. The lowest BCUT2D eigenvalue weighted by atomic mass is 10.4. The number of hydrogen-bond acceptors (Lipinski definition) is 6. The predicted octanol–water partition coefficient (Wildman–Crippen LogP) is 1.37. The third-order valence-corrected chi connectivity index (χ3v) is 2.59. The summed E-state index contributed by atoms with van der Waals surface area (Å²) in [5, 5.41) is 3.22. The number of nitrogens with two attached hydrogens (primary N) is 1. The fourth-order valence-electron chi connectivity index (χ4n) is 1.23. The van der Waals surface area contributed by atoms with Gasteiger partial charge in [0.25, 0.3) is 0 Å². The van der Waals surface area contributed by atoms with Crippen LogP contribution in [0, 0.1) is 0 Å². The lowest BCUT2D eigenvalue weighted by Crippen LogP contribution is -2.08. The SMILES string of the molecule is COCc1nc(N)cc(NCCCSC)n1. The average Bonchev–Trinajstić information content (AvgIpc) is 2.24. The molecule has 0 aromatic carbocycles. The van der Waals surface area contributed by atoms with E-state index in [9.17, 15) is 0 Å². The molecule has 0 saturated carbocycles. The van der Waals surface area contributed by atoms with Crippen molar-refractivity contribution in [2.24, 2.45) is 0 Å². The number of ether oxygens (including phenoxy) is 1. The number of nitrogens with one attached hydrogen (secondary N) is 1. The second-order valence-corrected chi connectivity index (χ2v) is 4.29. The summed E-state index contributed by atoms with van der Waals surface area (Å²) in [6.07, 6.45) is 3.20. The van der Waals surface area contributed by atoms with Gasteiger partial charge < -0.3 is 15.8 Å². The Kier molecular flexibility index (Phi) is 5.95. The van der Waals surface area contributed by atoms with Crippen LogP contribution in [0.2, 0.25) is 0 Å². The fourth-order valence-corrected chi connectivity index (χ4v) is 1.67. The zero-order valence-corrected chi connectivity index (χ0v) is 10.5. The highest BCUT2D eigenvalue weighted by Gasteiger charge is 2.01. The molecular weight excluding hydrogens is 224 g/mol. The van der Waals surface area contributed by atoms with Crippen LogP contribution in [0.25, 0.3) is 0 Å². The minimum absolute atomic E-state index is 0.379.